The van der Waals surface area contributed by atoms with Gasteiger partial charge in [-0.05, 0) is 31.3 Å². The molecule has 0 aliphatic rings. The Morgan fingerprint density at radius 2 is 2.09 bits per heavy atom. The van der Waals surface area contributed by atoms with E-state index in [4.69, 9.17) is 12.2 Å². The molecule has 0 radical (unpaired) electrons. The monoisotopic (exact) mass is 317 g/mol. The fraction of sp³-hybridized carbons (Fsp3) is 0.267. The van der Waals surface area contributed by atoms with Crippen molar-refractivity contribution in [2.24, 2.45) is 7.05 Å². The smallest absolute Gasteiger partial charge is 0.245 e. The zero-order chi connectivity index (χ0) is 16.1. The zero-order valence-electron chi connectivity index (χ0n) is 12.6. The van der Waals surface area contributed by atoms with Crippen LogP contribution in [0.5, 0.6) is 0 Å². The molecule has 0 aliphatic carbocycles. The average molecular weight is 317 g/mol. The molecule has 0 saturated carbocycles. The summed E-state index contributed by atoms with van der Waals surface area (Å²) in [6.07, 6.45) is 0.168. The van der Waals surface area contributed by atoms with Crippen molar-refractivity contribution in [3.05, 3.63) is 42.2 Å². The standard InChI is InChI=1S/C15H19N5OS/c1-10(2)9-16-15(22)19-18-14(21)8-13-17-11-6-4-5-7-12(11)20(13)3/h4-7H,1,8-9H2,2-3H3,(H,18,21)(H2,16,19,22). The van der Waals surface area contributed by atoms with Crippen molar-refractivity contribution in [1.29, 1.82) is 0 Å². The number of benzene rings is 1. The van der Waals surface area contributed by atoms with Gasteiger partial charge in [-0.15, -0.1) is 0 Å². The molecule has 0 bridgehead atoms. The van der Waals surface area contributed by atoms with Gasteiger partial charge in [-0.25, -0.2) is 4.98 Å². The highest BCUT2D eigenvalue weighted by Gasteiger charge is 2.11. The third-order valence-electron chi connectivity index (χ3n) is 3.06. The second kappa shape index (κ2) is 7.04. The molecule has 6 nitrogen and oxygen atoms in total. The maximum Gasteiger partial charge on any atom is 0.245 e. The Morgan fingerprint density at radius 1 is 1.36 bits per heavy atom. The number of fused-ring (bicyclic) bond motifs is 1. The minimum Gasteiger partial charge on any atom is -0.358 e. The number of rotatable bonds is 4. The fourth-order valence-electron chi connectivity index (χ4n) is 1.94. The van der Waals surface area contributed by atoms with E-state index >= 15 is 0 Å². The first-order valence-corrected chi connectivity index (χ1v) is 7.25. The molecule has 1 heterocycles. The fourth-order valence-corrected chi connectivity index (χ4v) is 2.07. The Labute approximate surface area is 134 Å². The number of hydrazine groups is 1. The maximum atomic E-state index is 12.0. The van der Waals surface area contributed by atoms with E-state index in [1.165, 1.54) is 0 Å². The number of nitrogens with one attached hydrogen (secondary N) is 3. The van der Waals surface area contributed by atoms with Gasteiger partial charge in [0.2, 0.25) is 5.91 Å². The quantitative estimate of drug-likeness (QED) is 0.449. The topological polar surface area (TPSA) is 71.0 Å². The SMILES string of the molecule is C=C(C)CNC(=S)NNC(=O)Cc1nc2ccccc2n1C. The van der Waals surface area contributed by atoms with Crippen LogP contribution in [0, 0.1) is 0 Å². The average Bonchev–Trinajstić information content (AvgIpc) is 2.80. The van der Waals surface area contributed by atoms with Gasteiger partial charge in [0.1, 0.15) is 5.82 Å². The van der Waals surface area contributed by atoms with Crippen LogP contribution in [0.4, 0.5) is 0 Å². The lowest BCUT2D eigenvalue weighted by Gasteiger charge is -2.11. The normalized spacial score (nSPS) is 10.3. The van der Waals surface area contributed by atoms with Gasteiger partial charge in [0.25, 0.3) is 0 Å². The number of amides is 1. The molecule has 2 rings (SSSR count). The molecule has 22 heavy (non-hydrogen) atoms. The van der Waals surface area contributed by atoms with Crippen molar-refractivity contribution in [1.82, 2.24) is 25.7 Å². The van der Waals surface area contributed by atoms with Gasteiger partial charge in [-0.2, -0.15) is 0 Å². The predicted molar refractivity (Wildman–Crippen MR) is 91.1 cm³/mol. The van der Waals surface area contributed by atoms with Gasteiger partial charge in [-0.1, -0.05) is 24.3 Å². The summed E-state index contributed by atoms with van der Waals surface area (Å²) in [7, 11) is 1.89. The van der Waals surface area contributed by atoms with Gasteiger partial charge in [0, 0.05) is 13.6 Å². The van der Waals surface area contributed by atoms with Crippen LogP contribution in [-0.2, 0) is 18.3 Å². The Balaban J connectivity index is 1.90. The number of para-hydroxylation sites is 2. The lowest BCUT2D eigenvalue weighted by atomic mass is 10.3. The van der Waals surface area contributed by atoms with Crippen LogP contribution in [0.1, 0.15) is 12.7 Å². The summed E-state index contributed by atoms with van der Waals surface area (Å²) < 4.78 is 1.91. The van der Waals surface area contributed by atoms with Gasteiger partial charge >= 0.3 is 0 Å². The first-order chi connectivity index (χ1) is 10.5. The number of carbonyl (C=O) groups is 1. The summed E-state index contributed by atoms with van der Waals surface area (Å²) in [5.74, 6) is 0.485. The Kier molecular flexibility index (Phi) is 5.11. The summed E-state index contributed by atoms with van der Waals surface area (Å²) in [5, 5.41) is 3.27. The first-order valence-electron chi connectivity index (χ1n) is 6.85. The largest absolute Gasteiger partial charge is 0.358 e. The number of imidazole rings is 1. The van der Waals surface area contributed by atoms with Crippen molar-refractivity contribution < 1.29 is 4.79 Å². The Morgan fingerprint density at radius 3 is 2.77 bits per heavy atom. The zero-order valence-corrected chi connectivity index (χ0v) is 13.5. The van der Waals surface area contributed by atoms with Crippen LogP contribution in [-0.4, -0.2) is 27.1 Å². The minimum absolute atomic E-state index is 0.168. The highest BCUT2D eigenvalue weighted by molar-refractivity contribution is 7.80. The number of carbonyl (C=O) groups excluding carboxylic acids is 1. The molecule has 7 heteroatoms. The molecule has 1 aromatic carbocycles. The van der Waals surface area contributed by atoms with Gasteiger partial charge in [0.15, 0.2) is 5.11 Å². The molecule has 0 saturated heterocycles. The van der Waals surface area contributed by atoms with Crippen LogP contribution in [0.15, 0.2) is 36.4 Å². The molecule has 3 N–H and O–H groups in total. The maximum absolute atomic E-state index is 12.0. The highest BCUT2D eigenvalue weighted by atomic mass is 32.1. The van der Waals surface area contributed by atoms with E-state index in [0.717, 1.165) is 16.6 Å². The molecular formula is C15H19N5OS. The number of hydrogen-bond donors (Lipinski definition) is 3. The van der Waals surface area contributed by atoms with E-state index < -0.39 is 0 Å². The summed E-state index contributed by atoms with van der Waals surface area (Å²) >= 11 is 5.03. The van der Waals surface area contributed by atoms with Crippen LogP contribution in [0.25, 0.3) is 11.0 Å². The van der Waals surface area contributed by atoms with Crippen molar-refractivity contribution in [2.75, 3.05) is 6.54 Å². The molecule has 0 fully saturated rings. The molecule has 0 aliphatic heterocycles. The summed E-state index contributed by atoms with van der Waals surface area (Å²) in [5.41, 5.74) is 8.03. The number of thiocarbonyl (C=S) groups is 1. The van der Waals surface area contributed by atoms with Crippen LogP contribution < -0.4 is 16.2 Å². The van der Waals surface area contributed by atoms with E-state index in [-0.39, 0.29) is 12.3 Å². The first kappa shape index (κ1) is 16.0. The molecule has 0 spiro atoms. The lowest BCUT2D eigenvalue weighted by Crippen LogP contribution is -2.47. The van der Waals surface area contributed by atoms with Gasteiger partial charge < -0.3 is 9.88 Å². The van der Waals surface area contributed by atoms with E-state index in [0.29, 0.717) is 17.5 Å². The number of aromatic nitrogens is 2. The minimum atomic E-state index is -0.210. The summed E-state index contributed by atoms with van der Waals surface area (Å²) in [6.45, 7) is 6.21. The number of nitrogens with zero attached hydrogens (tertiary/aromatic N) is 2. The molecule has 1 amide bonds. The highest BCUT2D eigenvalue weighted by Crippen LogP contribution is 2.14. The van der Waals surface area contributed by atoms with Crippen molar-refractivity contribution >= 4 is 34.3 Å². The second-order valence-corrected chi connectivity index (χ2v) is 5.47. The Hall–Kier alpha value is -2.41. The van der Waals surface area contributed by atoms with E-state index in [9.17, 15) is 4.79 Å². The van der Waals surface area contributed by atoms with Crippen LogP contribution >= 0.6 is 12.2 Å². The van der Waals surface area contributed by atoms with Crippen molar-refractivity contribution in [3.8, 4) is 0 Å². The molecular weight excluding hydrogens is 298 g/mol. The molecule has 2 aromatic rings. The predicted octanol–water partition coefficient (Wildman–Crippen LogP) is 1.19. The summed E-state index contributed by atoms with van der Waals surface area (Å²) in [4.78, 5) is 16.4. The third kappa shape index (κ3) is 4.05. The van der Waals surface area contributed by atoms with E-state index in [2.05, 4.69) is 27.7 Å². The van der Waals surface area contributed by atoms with E-state index in [1.54, 1.807) is 0 Å². The lowest BCUT2D eigenvalue weighted by molar-refractivity contribution is -0.121. The second-order valence-electron chi connectivity index (χ2n) is 5.07. The Bertz CT molecular complexity index is 722. The van der Waals surface area contributed by atoms with Gasteiger partial charge in [0.05, 0.1) is 17.5 Å². The third-order valence-corrected chi connectivity index (χ3v) is 3.31. The van der Waals surface area contributed by atoms with Crippen molar-refractivity contribution in [2.45, 2.75) is 13.3 Å². The number of aryl methyl sites for hydroxylation is 1. The van der Waals surface area contributed by atoms with Crippen molar-refractivity contribution in [3.63, 3.8) is 0 Å². The molecule has 0 unspecified atom stereocenters. The van der Waals surface area contributed by atoms with E-state index in [1.807, 2.05) is 42.8 Å². The van der Waals surface area contributed by atoms with Gasteiger partial charge in [-0.3, -0.25) is 15.6 Å². The molecule has 1 aromatic heterocycles. The van der Waals surface area contributed by atoms with Crippen LogP contribution in [0.2, 0.25) is 0 Å². The van der Waals surface area contributed by atoms with Crippen LogP contribution in [0.3, 0.4) is 0 Å². The number of hydrogen-bond acceptors (Lipinski definition) is 3. The molecule has 116 valence electrons. The summed E-state index contributed by atoms with van der Waals surface area (Å²) in [6, 6.07) is 7.76. The molecule has 0 atom stereocenters.